The van der Waals surface area contributed by atoms with E-state index >= 15 is 0 Å². The molecular formula is C14H10Cl2O3. The van der Waals surface area contributed by atoms with Gasteiger partial charge in [-0.1, -0.05) is 47.5 Å². The van der Waals surface area contributed by atoms with E-state index in [0.29, 0.717) is 21.5 Å². The maximum Gasteiger partial charge on any atom is 0.349 e. The molecule has 0 fully saturated rings. The van der Waals surface area contributed by atoms with Gasteiger partial charge in [0.25, 0.3) is 0 Å². The molecule has 0 aromatic heterocycles. The predicted molar refractivity (Wildman–Crippen MR) is 74.0 cm³/mol. The molecule has 0 atom stereocenters. The van der Waals surface area contributed by atoms with Crippen LogP contribution in [0.25, 0.3) is 0 Å². The Hall–Kier alpha value is -1.71. The number of hydrogen-bond acceptors (Lipinski definition) is 3. The molecule has 0 saturated carbocycles. The van der Waals surface area contributed by atoms with Crippen LogP contribution in [0.3, 0.4) is 0 Å². The number of halogens is 2. The molecule has 0 aliphatic carbocycles. The smallest absolute Gasteiger partial charge is 0.349 e. The summed E-state index contributed by atoms with van der Waals surface area (Å²) in [5, 5.41) is 0.807. The fourth-order valence-electron chi connectivity index (χ4n) is 1.38. The Bertz CT molecular complexity index is 584. The van der Waals surface area contributed by atoms with E-state index in [-0.39, 0.29) is 6.61 Å². The lowest BCUT2D eigenvalue weighted by Gasteiger charge is -2.08. The molecule has 0 unspecified atom stereocenters. The van der Waals surface area contributed by atoms with Crippen LogP contribution in [-0.4, -0.2) is 12.6 Å². The van der Waals surface area contributed by atoms with Crippen molar-refractivity contribution in [1.82, 2.24) is 0 Å². The number of rotatable bonds is 4. The van der Waals surface area contributed by atoms with E-state index in [0.717, 1.165) is 0 Å². The highest BCUT2D eigenvalue weighted by Crippen LogP contribution is 2.24. The molecule has 0 aliphatic heterocycles. The summed E-state index contributed by atoms with van der Waals surface area (Å²) in [6.45, 7) is -0.241. The lowest BCUT2D eigenvalue weighted by Crippen LogP contribution is -2.17. The fraction of sp³-hybridized carbons (Fsp3) is 0.0714. The predicted octanol–water partition coefficient (Wildman–Crippen LogP) is 3.98. The molecule has 0 radical (unpaired) electrons. The first-order valence-electron chi connectivity index (χ1n) is 5.49. The van der Waals surface area contributed by atoms with Gasteiger partial charge < -0.3 is 9.47 Å². The number of carbonyl (C=O) groups is 1. The maximum atomic E-state index is 11.6. The van der Waals surface area contributed by atoms with Crippen molar-refractivity contribution >= 4 is 29.2 Å². The zero-order chi connectivity index (χ0) is 13.7. The Kier molecular flexibility index (Phi) is 4.66. The first-order chi connectivity index (χ1) is 9.16. The second kappa shape index (κ2) is 6.45. The van der Waals surface area contributed by atoms with Gasteiger partial charge in [0.05, 0.1) is 10.0 Å². The molecule has 0 aliphatic rings. The lowest BCUT2D eigenvalue weighted by molar-refractivity contribution is -0.136. The number of ether oxygens (including phenoxy) is 2. The van der Waals surface area contributed by atoms with Gasteiger partial charge in [-0.05, 0) is 24.3 Å². The molecule has 0 N–H and O–H groups in total. The van der Waals surface area contributed by atoms with Gasteiger partial charge in [0.2, 0.25) is 0 Å². The summed E-state index contributed by atoms with van der Waals surface area (Å²) in [4.78, 5) is 11.6. The monoisotopic (exact) mass is 296 g/mol. The molecule has 0 heterocycles. The Balaban J connectivity index is 1.92. The number of para-hydroxylation sites is 2. The summed E-state index contributed by atoms with van der Waals surface area (Å²) < 4.78 is 10.3. The van der Waals surface area contributed by atoms with Crippen LogP contribution in [-0.2, 0) is 4.79 Å². The fourth-order valence-corrected chi connectivity index (χ4v) is 1.74. The van der Waals surface area contributed by atoms with E-state index in [1.165, 1.54) is 0 Å². The number of carbonyl (C=O) groups excluding carboxylic acids is 1. The zero-order valence-electron chi connectivity index (χ0n) is 9.81. The lowest BCUT2D eigenvalue weighted by atomic mass is 10.3. The van der Waals surface area contributed by atoms with Crippen molar-refractivity contribution < 1.29 is 14.3 Å². The normalized spacial score (nSPS) is 10.0. The highest BCUT2D eigenvalue weighted by atomic mass is 35.5. The SMILES string of the molecule is O=C(COc1ccccc1Cl)Oc1ccccc1Cl. The van der Waals surface area contributed by atoms with Crippen LogP contribution >= 0.6 is 23.2 Å². The maximum absolute atomic E-state index is 11.6. The average Bonchev–Trinajstić information content (AvgIpc) is 2.40. The van der Waals surface area contributed by atoms with Crippen LogP contribution in [0.2, 0.25) is 10.0 Å². The highest BCUT2D eigenvalue weighted by Gasteiger charge is 2.09. The van der Waals surface area contributed by atoms with Crippen molar-refractivity contribution in [2.24, 2.45) is 0 Å². The third kappa shape index (κ3) is 3.88. The van der Waals surface area contributed by atoms with Crippen molar-refractivity contribution in [3.05, 3.63) is 58.6 Å². The Morgan fingerprint density at radius 1 is 0.895 bits per heavy atom. The average molecular weight is 297 g/mol. The highest BCUT2D eigenvalue weighted by molar-refractivity contribution is 6.32. The molecule has 98 valence electrons. The summed E-state index contributed by atoms with van der Waals surface area (Å²) >= 11 is 11.8. The van der Waals surface area contributed by atoms with Gasteiger partial charge in [0, 0.05) is 0 Å². The number of esters is 1. The first-order valence-corrected chi connectivity index (χ1v) is 6.25. The number of benzene rings is 2. The summed E-state index contributed by atoms with van der Waals surface area (Å²) in [6.07, 6.45) is 0. The third-order valence-corrected chi connectivity index (χ3v) is 2.87. The van der Waals surface area contributed by atoms with E-state index in [1.807, 2.05) is 0 Å². The van der Waals surface area contributed by atoms with Gasteiger partial charge in [0.15, 0.2) is 6.61 Å². The summed E-state index contributed by atoms with van der Waals surface area (Å²) in [7, 11) is 0. The van der Waals surface area contributed by atoms with E-state index in [2.05, 4.69) is 0 Å². The molecule has 0 saturated heterocycles. The Morgan fingerprint density at radius 2 is 1.42 bits per heavy atom. The molecular weight excluding hydrogens is 287 g/mol. The topological polar surface area (TPSA) is 35.5 Å². The third-order valence-electron chi connectivity index (χ3n) is 2.24. The molecule has 2 rings (SSSR count). The molecule has 0 bridgehead atoms. The van der Waals surface area contributed by atoms with Crippen LogP contribution < -0.4 is 9.47 Å². The van der Waals surface area contributed by atoms with Crippen LogP contribution in [0.5, 0.6) is 11.5 Å². The van der Waals surface area contributed by atoms with Crippen molar-refractivity contribution in [2.75, 3.05) is 6.61 Å². The second-order valence-corrected chi connectivity index (χ2v) is 4.44. The minimum absolute atomic E-state index is 0.241. The van der Waals surface area contributed by atoms with Gasteiger partial charge in [-0.2, -0.15) is 0 Å². The van der Waals surface area contributed by atoms with Gasteiger partial charge in [0.1, 0.15) is 11.5 Å². The Morgan fingerprint density at radius 3 is 2.00 bits per heavy atom. The van der Waals surface area contributed by atoms with Crippen LogP contribution in [0.15, 0.2) is 48.5 Å². The largest absolute Gasteiger partial charge is 0.480 e. The van der Waals surface area contributed by atoms with E-state index in [1.54, 1.807) is 48.5 Å². The van der Waals surface area contributed by atoms with E-state index < -0.39 is 5.97 Å². The van der Waals surface area contributed by atoms with Crippen LogP contribution in [0.4, 0.5) is 0 Å². The Labute approximate surface area is 120 Å². The first kappa shape index (κ1) is 13.7. The van der Waals surface area contributed by atoms with Crippen molar-refractivity contribution in [1.29, 1.82) is 0 Å². The molecule has 0 spiro atoms. The molecule has 3 nitrogen and oxygen atoms in total. The van der Waals surface area contributed by atoms with Crippen molar-refractivity contribution in [2.45, 2.75) is 0 Å². The minimum atomic E-state index is -0.548. The molecule has 0 amide bonds. The summed E-state index contributed by atoms with van der Waals surface area (Å²) in [5.41, 5.74) is 0. The van der Waals surface area contributed by atoms with Gasteiger partial charge in [-0.15, -0.1) is 0 Å². The molecule has 5 heteroatoms. The van der Waals surface area contributed by atoms with Gasteiger partial charge in [-0.3, -0.25) is 0 Å². The van der Waals surface area contributed by atoms with Gasteiger partial charge >= 0.3 is 5.97 Å². The second-order valence-electron chi connectivity index (χ2n) is 3.62. The summed E-state index contributed by atoms with van der Waals surface area (Å²) in [5.74, 6) is 0.185. The molecule has 2 aromatic carbocycles. The van der Waals surface area contributed by atoms with E-state index in [9.17, 15) is 4.79 Å². The number of hydrogen-bond donors (Lipinski definition) is 0. The molecule has 19 heavy (non-hydrogen) atoms. The zero-order valence-corrected chi connectivity index (χ0v) is 11.3. The summed E-state index contributed by atoms with van der Waals surface area (Å²) in [6, 6.07) is 13.6. The standard InChI is InChI=1S/C14H10Cl2O3/c15-10-5-1-3-7-12(10)18-9-14(17)19-13-8-4-2-6-11(13)16/h1-8H,9H2. The quantitative estimate of drug-likeness (QED) is 0.632. The van der Waals surface area contributed by atoms with Crippen molar-refractivity contribution in [3.8, 4) is 11.5 Å². The van der Waals surface area contributed by atoms with Gasteiger partial charge in [-0.25, -0.2) is 4.79 Å². The van der Waals surface area contributed by atoms with Crippen molar-refractivity contribution in [3.63, 3.8) is 0 Å². The van der Waals surface area contributed by atoms with Crippen LogP contribution in [0, 0.1) is 0 Å². The molecule has 2 aromatic rings. The minimum Gasteiger partial charge on any atom is -0.480 e. The van der Waals surface area contributed by atoms with Crippen LogP contribution in [0.1, 0.15) is 0 Å². The van der Waals surface area contributed by atoms with E-state index in [4.69, 9.17) is 32.7 Å².